The number of amides is 2. The van der Waals surface area contributed by atoms with Crippen LogP contribution in [0.2, 0.25) is 0 Å². The largest absolute Gasteiger partial charge is 0.368 e. The van der Waals surface area contributed by atoms with Crippen LogP contribution >= 0.6 is 0 Å². The van der Waals surface area contributed by atoms with Crippen LogP contribution in [0.4, 0.5) is 4.39 Å². The zero-order valence-electron chi connectivity index (χ0n) is 20.6. The Morgan fingerprint density at radius 3 is 1.97 bits per heavy atom. The predicted octanol–water partition coefficient (Wildman–Crippen LogP) is 3.16. The van der Waals surface area contributed by atoms with E-state index in [9.17, 15) is 14.4 Å². The van der Waals surface area contributed by atoms with E-state index < -0.39 is 23.8 Å². The molecule has 8 heteroatoms. The van der Waals surface area contributed by atoms with Gasteiger partial charge in [-0.25, -0.2) is 4.39 Å². The standard InChI is InChI=1S/C28H35FN4O3/c29-24(32-18-14-28(15-19-32,27(30)36)33-16-8-3-9-17-33)20-23(25(34)21-10-4-1-5-11-21)31-26(35)22-12-6-2-7-13-22/h1-2,4-7,10-13,23-24H,3,8-9,14-20H2,(H2,30,36)(H,31,35). The fourth-order valence-corrected chi connectivity index (χ4v) is 5.42. The van der Waals surface area contributed by atoms with Gasteiger partial charge in [0.1, 0.15) is 5.54 Å². The number of Topliss-reactive ketones (excluding diaryl/α,β-unsaturated/α-hetero) is 1. The van der Waals surface area contributed by atoms with Crippen LogP contribution in [0.5, 0.6) is 0 Å². The topological polar surface area (TPSA) is 95.7 Å². The van der Waals surface area contributed by atoms with Crippen molar-refractivity contribution in [3.8, 4) is 0 Å². The molecule has 0 aliphatic carbocycles. The summed E-state index contributed by atoms with van der Waals surface area (Å²) in [6.45, 7) is 2.39. The molecule has 2 aromatic carbocycles. The molecule has 2 aliphatic heterocycles. The Hall–Kier alpha value is -3.10. The third-order valence-electron chi connectivity index (χ3n) is 7.59. The number of piperidine rings is 2. The summed E-state index contributed by atoms with van der Waals surface area (Å²) >= 11 is 0. The number of rotatable bonds is 9. The van der Waals surface area contributed by atoms with E-state index in [2.05, 4.69) is 10.2 Å². The highest BCUT2D eigenvalue weighted by molar-refractivity contribution is 6.04. The van der Waals surface area contributed by atoms with Crippen LogP contribution in [0.3, 0.4) is 0 Å². The summed E-state index contributed by atoms with van der Waals surface area (Å²) in [6.07, 6.45) is 2.50. The van der Waals surface area contributed by atoms with Crippen molar-refractivity contribution >= 4 is 17.6 Å². The Kier molecular flexibility index (Phi) is 8.48. The molecule has 4 rings (SSSR count). The van der Waals surface area contributed by atoms with Crippen molar-refractivity contribution in [3.63, 3.8) is 0 Å². The molecule has 2 atom stereocenters. The lowest BCUT2D eigenvalue weighted by Crippen LogP contribution is -2.64. The number of primary amides is 1. The molecule has 0 spiro atoms. The average Bonchev–Trinajstić information content (AvgIpc) is 2.93. The quantitative estimate of drug-likeness (QED) is 0.413. The van der Waals surface area contributed by atoms with Gasteiger partial charge < -0.3 is 11.1 Å². The molecule has 2 amide bonds. The van der Waals surface area contributed by atoms with Crippen molar-refractivity contribution < 1.29 is 18.8 Å². The summed E-state index contributed by atoms with van der Waals surface area (Å²) in [5.41, 5.74) is 5.95. The maximum Gasteiger partial charge on any atom is 0.251 e. The van der Waals surface area contributed by atoms with Crippen molar-refractivity contribution in [2.75, 3.05) is 26.2 Å². The minimum atomic E-state index is -1.45. The SMILES string of the molecule is NC(=O)C1(N2CCCCC2)CCN(C(F)CC(NC(=O)c2ccccc2)C(=O)c2ccccc2)CC1. The van der Waals surface area contributed by atoms with Crippen molar-refractivity contribution in [1.82, 2.24) is 15.1 Å². The first kappa shape index (κ1) is 26.0. The highest BCUT2D eigenvalue weighted by Crippen LogP contribution is 2.33. The zero-order chi connectivity index (χ0) is 25.5. The summed E-state index contributed by atoms with van der Waals surface area (Å²) in [5, 5.41) is 2.75. The van der Waals surface area contributed by atoms with E-state index in [0.29, 0.717) is 37.1 Å². The van der Waals surface area contributed by atoms with Gasteiger partial charge >= 0.3 is 0 Å². The fourth-order valence-electron chi connectivity index (χ4n) is 5.42. The van der Waals surface area contributed by atoms with E-state index >= 15 is 4.39 Å². The van der Waals surface area contributed by atoms with Gasteiger partial charge in [-0.2, -0.15) is 0 Å². The highest BCUT2D eigenvalue weighted by Gasteiger charge is 2.46. The molecule has 2 aliphatic rings. The molecular weight excluding hydrogens is 459 g/mol. The van der Waals surface area contributed by atoms with Crippen LogP contribution in [0, 0.1) is 0 Å². The van der Waals surface area contributed by atoms with Gasteiger partial charge in [-0.3, -0.25) is 24.2 Å². The summed E-state index contributed by atoms with van der Waals surface area (Å²) < 4.78 is 15.7. The molecule has 192 valence electrons. The number of likely N-dealkylation sites (tertiary alicyclic amines) is 2. The second-order valence-electron chi connectivity index (χ2n) is 9.77. The molecule has 2 saturated heterocycles. The van der Waals surface area contributed by atoms with Gasteiger partial charge in [0, 0.05) is 30.6 Å². The van der Waals surface area contributed by atoms with E-state index in [0.717, 1.165) is 32.4 Å². The van der Waals surface area contributed by atoms with E-state index in [-0.39, 0.29) is 18.1 Å². The molecule has 0 aromatic heterocycles. The number of nitrogens with two attached hydrogens (primary N) is 1. The minimum Gasteiger partial charge on any atom is -0.368 e. The van der Waals surface area contributed by atoms with E-state index in [1.807, 2.05) is 0 Å². The molecule has 2 aromatic rings. The number of hydrogen-bond acceptors (Lipinski definition) is 5. The lowest BCUT2D eigenvalue weighted by Gasteiger charge is -2.48. The van der Waals surface area contributed by atoms with Gasteiger partial charge in [0.15, 0.2) is 12.1 Å². The van der Waals surface area contributed by atoms with E-state index in [1.165, 1.54) is 0 Å². The van der Waals surface area contributed by atoms with Gasteiger partial charge in [0.2, 0.25) is 5.91 Å². The predicted molar refractivity (Wildman–Crippen MR) is 136 cm³/mol. The third kappa shape index (κ3) is 5.82. The third-order valence-corrected chi connectivity index (χ3v) is 7.59. The van der Waals surface area contributed by atoms with Crippen LogP contribution in [-0.2, 0) is 4.79 Å². The molecule has 2 unspecified atom stereocenters. The average molecular weight is 495 g/mol. The van der Waals surface area contributed by atoms with Crippen LogP contribution in [-0.4, -0.2) is 71.5 Å². The van der Waals surface area contributed by atoms with E-state index in [1.54, 1.807) is 65.6 Å². The van der Waals surface area contributed by atoms with Crippen molar-refractivity contribution in [2.45, 2.75) is 56.4 Å². The van der Waals surface area contributed by atoms with Gasteiger partial charge in [-0.15, -0.1) is 0 Å². The zero-order valence-corrected chi connectivity index (χ0v) is 20.6. The Morgan fingerprint density at radius 2 is 1.42 bits per heavy atom. The maximum atomic E-state index is 15.7. The molecule has 2 heterocycles. The van der Waals surface area contributed by atoms with Crippen molar-refractivity contribution in [3.05, 3.63) is 71.8 Å². The second kappa shape index (κ2) is 11.8. The Morgan fingerprint density at radius 1 is 0.861 bits per heavy atom. The lowest BCUT2D eigenvalue weighted by atomic mass is 9.83. The molecule has 0 bridgehead atoms. The van der Waals surface area contributed by atoms with Crippen LogP contribution in [0.15, 0.2) is 60.7 Å². The second-order valence-corrected chi connectivity index (χ2v) is 9.77. The molecule has 0 radical (unpaired) electrons. The minimum absolute atomic E-state index is 0.181. The van der Waals surface area contributed by atoms with E-state index in [4.69, 9.17) is 5.73 Å². The number of alkyl halides is 1. The lowest BCUT2D eigenvalue weighted by molar-refractivity contribution is -0.136. The monoisotopic (exact) mass is 494 g/mol. The smallest absolute Gasteiger partial charge is 0.251 e. The summed E-state index contributed by atoms with van der Waals surface area (Å²) in [4.78, 5) is 42.4. The molecular formula is C28H35FN4O3. The summed E-state index contributed by atoms with van der Waals surface area (Å²) in [6, 6.07) is 16.2. The number of nitrogens with one attached hydrogen (secondary N) is 1. The molecule has 7 nitrogen and oxygen atoms in total. The fraction of sp³-hybridized carbons (Fsp3) is 0.464. The van der Waals surface area contributed by atoms with Gasteiger partial charge in [-0.05, 0) is 50.9 Å². The van der Waals surface area contributed by atoms with Gasteiger partial charge in [0.25, 0.3) is 5.91 Å². The van der Waals surface area contributed by atoms with Crippen LogP contribution < -0.4 is 11.1 Å². The molecule has 2 fully saturated rings. The molecule has 0 saturated carbocycles. The summed E-state index contributed by atoms with van der Waals surface area (Å²) in [7, 11) is 0. The number of carbonyl (C=O) groups excluding carboxylic acids is 3. The Balaban J connectivity index is 1.45. The number of ketones is 1. The first-order valence-corrected chi connectivity index (χ1v) is 12.8. The summed E-state index contributed by atoms with van der Waals surface area (Å²) in [5.74, 6) is -1.10. The number of benzene rings is 2. The maximum absolute atomic E-state index is 15.7. The van der Waals surface area contributed by atoms with Crippen molar-refractivity contribution in [2.24, 2.45) is 5.73 Å². The van der Waals surface area contributed by atoms with Crippen molar-refractivity contribution in [1.29, 1.82) is 0 Å². The first-order valence-electron chi connectivity index (χ1n) is 12.8. The van der Waals surface area contributed by atoms with Gasteiger partial charge in [-0.1, -0.05) is 55.0 Å². The molecule has 3 N–H and O–H groups in total. The Labute approximate surface area is 211 Å². The number of halogens is 1. The number of carbonyl (C=O) groups is 3. The first-order chi connectivity index (χ1) is 17.4. The van der Waals surface area contributed by atoms with Crippen LogP contribution in [0.25, 0.3) is 0 Å². The normalized spacial score (nSPS) is 20.2. The number of hydrogen-bond donors (Lipinski definition) is 2. The number of nitrogens with zero attached hydrogens (tertiary/aromatic N) is 2. The van der Waals surface area contributed by atoms with Crippen LogP contribution in [0.1, 0.15) is 59.2 Å². The van der Waals surface area contributed by atoms with Gasteiger partial charge in [0.05, 0.1) is 6.04 Å². The Bertz CT molecular complexity index is 1040. The highest BCUT2D eigenvalue weighted by atomic mass is 19.1. The molecule has 36 heavy (non-hydrogen) atoms.